The van der Waals surface area contributed by atoms with E-state index in [0.717, 1.165) is 16.4 Å². The van der Waals surface area contributed by atoms with E-state index >= 15 is 0 Å². The van der Waals surface area contributed by atoms with Crippen LogP contribution in [0.3, 0.4) is 0 Å². The van der Waals surface area contributed by atoms with Crippen LogP contribution in [0.15, 0.2) is 18.2 Å². The molecule has 3 N–H and O–H groups in total. The van der Waals surface area contributed by atoms with E-state index in [2.05, 4.69) is 10.1 Å². The highest BCUT2D eigenvalue weighted by molar-refractivity contribution is 6.07. The number of hydrogen-bond donors (Lipinski definition) is 2. The van der Waals surface area contributed by atoms with Gasteiger partial charge in [-0.25, -0.2) is 4.98 Å². The van der Waals surface area contributed by atoms with Crippen molar-refractivity contribution in [3.05, 3.63) is 18.2 Å². The van der Waals surface area contributed by atoms with Gasteiger partial charge in [0, 0.05) is 6.61 Å². The van der Waals surface area contributed by atoms with Crippen LogP contribution < -0.4 is 15.2 Å². The SMILES string of the molecule is CCOCn1nc2c(N)nc3cccc4c3c2[n+]1C[C@@H](O)CO4. The predicted octanol–water partition coefficient (Wildman–Crippen LogP) is 0.201. The van der Waals surface area contributed by atoms with Gasteiger partial charge >= 0.3 is 0 Å². The number of hydrogen-bond acceptors (Lipinski definition) is 6. The first-order chi connectivity index (χ1) is 11.2. The maximum Gasteiger partial charge on any atom is 0.291 e. The summed E-state index contributed by atoms with van der Waals surface area (Å²) in [6, 6.07) is 5.61. The van der Waals surface area contributed by atoms with Crippen LogP contribution in [0.1, 0.15) is 6.92 Å². The van der Waals surface area contributed by atoms with Gasteiger partial charge in [-0.05, 0) is 23.9 Å². The molecule has 8 heteroatoms. The molecule has 8 nitrogen and oxygen atoms in total. The number of benzene rings is 1. The van der Waals surface area contributed by atoms with Crippen LogP contribution in [0.25, 0.3) is 21.9 Å². The number of anilines is 1. The zero-order valence-corrected chi connectivity index (χ0v) is 12.8. The second kappa shape index (κ2) is 5.32. The summed E-state index contributed by atoms with van der Waals surface area (Å²) >= 11 is 0. The normalized spacial score (nSPS) is 17.4. The summed E-state index contributed by atoms with van der Waals surface area (Å²) in [7, 11) is 0. The van der Waals surface area contributed by atoms with Crippen LogP contribution in [0.4, 0.5) is 5.82 Å². The number of aliphatic hydroxyl groups excluding tert-OH is 1. The minimum atomic E-state index is -0.655. The van der Waals surface area contributed by atoms with Gasteiger partial charge in [-0.1, -0.05) is 6.07 Å². The summed E-state index contributed by atoms with van der Waals surface area (Å²) in [5.74, 6) is 1.02. The molecule has 4 rings (SSSR count). The number of pyridine rings is 1. The van der Waals surface area contributed by atoms with E-state index in [1.807, 2.05) is 29.8 Å². The zero-order chi connectivity index (χ0) is 16.0. The Bertz CT molecular complexity index is 892. The van der Waals surface area contributed by atoms with Gasteiger partial charge in [0.25, 0.3) is 5.52 Å². The van der Waals surface area contributed by atoms with E-state index in [9.17, 15) is 5.11 Å². The lowest BCUT2D eigenvalue weighted by molar-refractivity contribution is -0.766. The van der Waals surface area contributed by atoms with Crippen LogP contribution in [0, 0.1) is 0 Å². The number of ether oxygens (including phenoxy) is 2. The standard InChI is InChI=1S/C15H17N5O3/c1-2-22-8-20-18-13-14-12-10(17-15(13)16)4-3-5-11(12)23-7-9(21)6-19(14)20/h3-5,9,16,21H,2,6-8H2,1H3/p+1/t9-/m1/s1. The molecule has 1 atom stereocenters. The Labute approximate surface area is 132 Å². The molecule has 1 aliphatic heterocycles. The molecule has 2 aromatic heterocycles. The Morgan fingerprint density at radius 2 is 2.39 bits per heavy atom. The predicted molar refractivity (Wildman–Crippen MR) is 82.8 cm³/mol. The Balaban J connectivity index is 2.10. The fourth-order valence-electron chi connectivity index (χ4n) is 2.92. The van der Waals surface area contributed by atoms with E-state index in [1.165, 1.54) is 0 Å². The molecule has 0 unspecified atom stereocenters. The summed E-state index contributed by atoms with van der Waals surface area (Å²) in [4.78, 5) is 6.11. The molecule has 1 aliphatic rings. The maximum absolute atomic E-state index is 10.2. The van der Waals surface area contributed by atoms with E-state index in [-0.39, 0.29) is 13.3 Å². The summed E-state index contributed by atoms with van der Waals surface area (Å²) in [6.07, 6.45) is -0.655. The average Bonchev–Trinajstić information content (AvgIpc) is 2.88. The molecule has 0 fully saturated rings. The van der Waals surface area contributed by atoms with Gasteiger partial charge in [0.2, 0.25) is 5.52 Å². The topological polar surface area (TPSA) is 99.3 Å². The van der Waals surface area contributed by atoms with Crippen LogP contribution in [-0.4, -0.2) is 39.3 Å². The number of nitrogens with two attached hydrogens (primary N) is 1. The molecule has 3 aromatic rings. The lowest BCUT2D eigenvalue weighted by atomic mass is 10.1. The monoisotopic (exact) mass is 316 g/mol. The summed E-state index contributed by atoms with van der Waals surface area (Å²) < 4.78 is 13.1. The van der Waals surface area contributed by atoms with Gasteiger partial charge in [0.05, 0.1) is 16.0 Å². The molecule has 0 aliphatic carbocycles. The van der Waals surface area contributed by atoms with Crippen molar-refractivity contribution in [2.75, 3.05) is 18.9 Å². The van der Waals surface area contributed by atoms with Crippen molar-refractivity contribution in [1.29, 1.82) is 0 Å². The second-order valence-corrected chi connectivity index (χ2v) is 5.49. The molecule has 0 radical (unpaired) electrons. The first kappa shape index (κ1) is 14.2. The fourth-order valence-corrected chi connectivity index (χ4v) is 2.92. The zero-order valence-electron chi connectivity index (χ0n) is 12.8. The summed E-state index contributed by atoms with van der Waals surface area (Å²) in [5, 5.41) is 15.6. The minimum Gasteiger partial charge on any atom is -0.490 e. The molecule has 0 saturated carbocycles. The summed E-state index contributed by atoms with van der Waals surface area (Å²) in [6.45, 7) is 3.32. The van der Waals surface area contributed by atoms with Gasteiger partial charge < -0.3 is 20.3 Å². The van der Waals surface area contributed by atoms with Gasteiger partial charge in [-0.3, -0.25) is 0 Å². The van der Waals surface area contributed by atoms with Crippen molar-refractivity contribution in [2.24, 2.45) is 0 Å². The highest BCUT2D eigenvalue weighted by Gasteiger charge is 2.30. The van der Waals surface area contributed by atoms with Crippen molar-refractivity contribution in [1.82, 2.24) is 14.9 Å². The fraction of sp³-hybridized carbons (Fsp3) is 0.400. The smallest absolute Gasteiger partial charge is 0.291 e. The Morgan fingerprint density at radius 1 is 1.52 bits per heavy atom. The third-order valence-corrected chi connectivity index (χ3v) is 3.93. The quantitative estimate of drug-likeness (QED) is 0.670. The van der Waals surface area contributed by atoms with E-state index in [1.54, 1.807) is 4.80 Å². The second-order valence-electron chi connectivity index (χ2n) is 5.49. The maximum atomic E-state index is 10.2. The van der Waals surface area contributed by atoms with Crippen LogP contribution in [0.5, 0.6) is 5.75 Å². The molecular formula is C15H18N5O3+. The summed E-state index contributed by atoms with van der Waals surface area (Å²) in [5.41, 5.74) is 8.22. The van der Waals surface area contributed by atoms with Gasteiger partial charge in [0.15, 0.2) is 12.5 Å². The lowest BCUT2D eigenvalue weighted by Gasteiger charge is -2.16. The average molecular weight is 316 g/mol. The first-order valence-electron chi connectivity index (χ1n) is 7.56. The molecule has 3 heterocycles. The number of rotatable bonds is 3. The number of nitrogens with zero attached hydrogens (tertiary/aromatic N) is 4. The van der Waals surface area contributed by atoms with Gasteiger partial charge in [-0.15, -0.1) is 4.68 Å². The molecule has 1 aromatic carbocycles. The Hall–Kier alpha value is -2.45. The van der Waals surface area contributed by atoms with E-state index < -0.39 is 6.10 Å². The lowest BCUT2D eigenvalue weighted by Crippen LogP contribution is -2.50. The highest BCUT2D eigenvalue weighted by atomic mass is 16.5. The number of aliphatic hydroxyl groups is 1. The molecule has 0 saturated heterocycles. The molecular weight excluding hydrogens is 298 g/mol. The number of aromatic nitrogens is 4. The van der Waals surface area contributed by atoms with Crippen LogP contribution in [-0.2, 0) is 18.0 Å². The minimum absolute atomic E-state index is 0.206. The molecule has 0 spiro atoms. The highest BCUT2D eigenvalue weighted by Crippen LogP contribution is 2.32. The Kier molecular flexibility index (Phi) is 3.28. The third-order valence-electron chi connectivity index (χ3n) is 3.93. The number of nitrogen functional groups attached to an aromatic ring is 1. The molecule has 23 heavy (non-hydrogen) atoms. The largest absolute Gasteiger partial charge is 0.490 e. The van der Waals surface area contributed by atoms with E-state index in [4.69, 9.17) is 15.2 Å². The Morgan fingerprint density at radius 3 is 3.22 bits per heavy atom. The third kappa shape index (κ3) is 2.18. The van der Waals surface area contributed by atoms with Crippen LogP contribution in [0.2, 0.25) is 0 Å². The van der Waals surface area contributed by atoms with Crippen LogP contribution >= 0.6 is 0 Å². The molecule has 120 valence electrons. The molecule has 0 bridgehead atoms. The first-order valence-corrected chi connectivity index (χ1v) is 7.56. The van der Waals surface area contributed by atoms with Crippen molar-refractivity contribution in [3.63, 3.8) is 0 Å². The van der Waals surface area contributed by atoms with Crippen molar-refractivity contribution in [3.8, 4) is 5.75 Å². The molecule has 0 amide bonds. The van der Waals surface area contributed by atoms with Gasteiger partial charge in [-0.2, -0.15) is 0 Å². The van der Waals surface area contributed by atoms with Crippen molar-refractivity contribution < 1.29 is 19.3 Å². The van der Waals surface area contributed by atoms with Gasteiger partial charge in [0.1, 0.15) is 25.0 Å². The van der Waals surface area contributed by atoms with Crippen molar-refractivity contribution in [2.45, 2.75) is 26.3 Å². The van der Waals surface area contributed by atoms with E-state index in [0.29, 0.717) is 30.2 Å². The van der Waals surface area contributed by atoms with Crippen molar-refractivity contribution >= 4 is 27.8 Å².